The first-order valence-corrected chi connectivity index (χ1v) is 10.0. The molecule has 3 rings (SSSR count). The van der Waals surface area contributed by atoms with Crippen molar-refractivity contribution < 1.29 is 23.4 Å². The molecule has 2 saturated heterocycles. The fourth-order valence-corrected chi connectivity index (χ4v) is 3.52. The monoisotopic (exact) mass is 388 g/mol. The third kappa shape index (κ3) is 3.20. The van der Waals surface area contributed by atoms with E-state index in [1.54, 1.807) is 7.11 Å². The highest BCUT2D eigenvalue weighted by atomic mass is 16.7. The summed E-state index contributed by atoms with van der Waals surface area (Å²) in [6, 6.07) is 7.97. The number of rotatable bonds is 4. The highest BCUT2D eigenvalue weighted by Gasteiger charge is 2.68. The van der Waals surface area contributed by atoms with Gasteiger partial charge in [-0.05, 0) is 73.1 Å². The lowest BCUT2D eigenvalue weighted by Gasteiger charge is -2.34. The molecule has 0 atom stereocenters. The average Bonchev–Trinajstić information content (AvgIpc) is 2.94. The number of hydrogen-bond donors (Lipinski definition) is 0. The van der Waals surface area contributed by atoms with E-state index in [-0.39, 0.29) is 0 Å². The molecule has 0 aromatic heterocycles. The summed E-state index contributed by atoms with van der Waals surface area (Å²) < 4.78 is 31.4. The molecule has 0 amide bonds. The fraction of sp³-hybridized carbons (Fsp3) is 0.714. The van der Waals surface area contributed by atoms with Gasteiger partial charge < -0.3 is 23.4 Å². The Labute approximate surface area is 170 Å². The van der Waals surface area contributed by atoms with Gasteiger partial charge in [-0.15, -0.1) is 0 Å². The topological polar surface area (TPSA) is 46.2 Å². The molecule has 1 aromatic carbocycles. The van der Waals surface area contributed by atoms with E-state index in [9.17, 15) is 0 Å². The van der Waals surface area contributed by atoms with Gasteiger partial charge in [0.05, 0.1) is 34.7 Å². The van der Waals surface area contributed by atoms with Gasteiger partial charge in [0.15, 0.2) is 0 Å². The summed E-state index contributed by atoms with van der Waals surface area (Å²) in [5, 5.41) is -0.704. The molecule has 2 heterocycles. The molecule has 0 radical (unpaired) electrons. The maximum Gasteiger partial charge on any atom is 0.466 e. The van der Waals surface area contributed by atoms with E-state index in [0.29, 0.717) is 0 Å². The van der Waals surface area contributed by atoms with Crippen LogP contribution in [0.25, 0.3) is 0 Å². The molecule has 0 spiro atoms. The molecule has 0 N–H and O–H groups in total. The first-order chi connectivity index (χ1) is 12.7. The zero-order valence-corrected chi connectivity index (χ0v) is 19.0. The lowest BCUT2D eigenvalue weighted by atomic mass is 9.37. The summed E-state index contributed by atoms with van der Waals surface area (Å²) in [6.07, 6.45) is 0. The van der Waals surface area contributed by atoms with Crippen molar-refractivity contribution >= 4 is 14.2 Å². The predicted octanol–water partition coefficient (Wildman–Crippen LogP) is 4.22. The van der Waals surface area contributed by atoms with Crippen LogP contribution in [0.15, 0.2) is 24.3 Å². The summed E-state index contributed by atoms with van der Waals surface area (Å²) in [6.45, 7) is 18.6. The normalized spacial score (nSPS) is 25.2. The van der Waals surface area contributed by atoms with Crippen LogP contribution in [-0.4, -0.2) is 43.8 Å². The van der Waals surface area contributed by atoms with E-state index in [0.717, 1.165) is 11.3 Å². The Morgan fingerprint density at radius 3 is 1.50 bits per heavy atom. The SMILES string of the molecule is COc1cccc(C(C)(B2OC(C)(C)C(C)(C)O2)B2OC(C)(C)C(C)(C)O2)c1. The van der Waals surface area contributed by atoms with E-state index in [2.05, 4.69) is 68.4 Å². The predicted molar refractivity (Wildman–Crippen MR) is 113 cm³/mol. The van der Waals surface area contributed by atoms with Crippen molar-refractivity contribution in [1.29, 1.82) is 0 Å². The van der Waals surface area contributed by atoms with Crippen molar-refractivity contribution in [3.05, 3.63) is 29.8 Å². The highest BCUT2D eigenvalue weighted by molar-refractivity contribution is 6.71. The van der Waals surface area contributed by atoms with Gasteiger partial charge in [0.25, 0.3) is 0 Å². The first kappa shape index (κ1) is 21.7. The van der Waals surface area contributed by atoms with Gasteiger partial charge in [0.2, 0.25) is 0 Å². The minimum atomic E-state index is -0.704. The fourth-order valence-electron chi connectivity index (χ4n) is 3.52. The Bertz CT molecular complexity index is 676. The molecular formula is C21H34B2O5. The summed E-state index contributed by atoms with van der Waals surface area (Å²) in [5.41, 5.74) is -0.838. The second-order valence-electron chi connectivity index (χ2n) is 10.2. The molecule has 7 heteroatoms. The zero-order valence-electron chi connectivity index (χ0n) is 19.0. The standard InChI is InChI=1S/C21H34B2O5/c1-17(2)18(3,4)26-22(25-17)21(9,15-12-11-13-16(14-15)24-10)23-27-19(5,6)20(7,8)28-23/h11-14H,1-10H3. The molecule has 0 aliphatic carbocycles. The van der Waals surface area contributed by atoms with Crippen LogP contribution in [-0.2, 0) is 23.8 Å². The van der Waals surface area contributed by atoms with Crippen LogP contribution in [0.1, 0.15) is 67.9 Å². The van der Waals surface area contributed by atoms with Crippen LogP contribution < -0.4 is 4.74 Å². The molecule has 154 valence electrons. The Morgan fingerprint density at radius 1 is 0.750 bits per heavy atom. The highest BCUT2D eigenvalue weighted by Crippen LogP contribution is 2.49. The van der Waals surface area contributed by atoms with Crippen LogP contribution >= 0.6 is 0 Å². The smallest absolute Gasteiger partial charge is 0.466 e. The van der Waals surface area contributed by atoms with Gasteiger partial charge in [-0.2, -0.15) is 0 Å². The van der Waals surface area contributed by atoms with Gasteiger partial charge in [0, 0.05) is 0 Å². The molecule has 5 nitrogen and oxygen atoms in total. The number of hydrogen-bond acceptors (Lipinski definition) is 5. The van der Waals surface area contributed by atoms with Gasteiger partial charge >= 0.3 is 14.2 Å². The zero-order chi connectivity index (χ0) is 21.2. The molecular weight excluding hydrogens is 354 g/mol. The molecule has 0 saturated carbocycles. The van der Waals surface area contributed by atoms with E-state index < -0.39 is 41.9 Å². The Hall–Kier alpha value is -1.01. The molecule has 0 bridgehead atoms. The first-order valence-electron chi connectivity index (χ1n) is 10.0. The molecule has 2 aliphatic heterocycles. The van der Waals surface area contributed by atoms with Crippen LogP contribution in [0.4, 0.5) is 0 Å². The summed E-state index contributed by atoms with van der Waals surface area (Å²) in [5.74, 6) is 0.775. The van der Waals surface area contributed by atoms with Crippen molar-refractivity contribution in [3.8, 4) is 5.75 Å². The largest absolute Gasteiger partial charge is 0.497 e. The second-order valence-corrected chi connectivity index (χ2v) is 10.2. The van der Waals surface area contributed by atoms with Crippen LogP contribution in [0, 0.1) is 0 Å². The van der Waals surface area contributed by atoms with Crippen molar-refractivity contribution in [3.63, 3.8) is 0 Å². The summed E-state index contributed by atoms with van der Waals surface area (Å²) in [7, 11) is 0.582. The Morgan fingerprint density at radius 2 is 1.14 bits per heavy atom. The number of ether oxygens (including phenoxy) is 1. The van der Waals surface area contributed by atoms with Gasteiger partial charge in [-0.25, -0.2) is 0 Å². The molecule has 2 fully saturated rings. The van der Waals surface area contributed by atoms with E-state index in [4.69, 9.17) is 23.4 Å². The van der Waals surface area contributed by atoms with E-state index in [1.165, 1.54) is 0 Å². The second kappa shape index (κ2) is 6.49. The van der Waals surface area contributed by atoms with Gasteiger partial charge in [0.1, 0.15) is 5.75 Å². The Balaban J connectivity index is 2.10. The summed E-state index contributed by atoms with van der Waals surface area (Å²) in [4.78, 5) is 0. The van der Waals surface area contributed by atoms with E-state index >= 15 is 0 Å². The van der Waals surface area contributed by atoms with Crippen molar-refractivity contribution in [2.45, 2.75) is 89.9 Å². The lowest BCUT2D eigenvalue weighted by molar-refractivity contribution is 0.00578. The average molecular weight is 388 g/mol. The van der Waals surface area contributed by atoms with E-state index in [1.807, 2.05) is 18.2 Å². The molecule has 0 unspecified atom stereocenters. The molecule has 1 aromatic rings. The van der Waals surface area contributed by atoms with Gasteiger partial charge in [-0.1, -0.05) is 19.1 Å². The lowest BCUT2D eigenvalue weighted by Crippen LogP contribution is -2.56. The van der Waals surface area contributed by atoms with Gasteiger partial charge in [-0.3, -0.25) is 0 Å². The number of benzene rings is 1. The third-order valence-electron chi connectivity index (χ3n) is 7.18. The maximum absolute atomic E-state index is 6.48. The summed E-state index contributed by atoms with van der Waals surface area (Å²) >= 11 is 0. The minimum absolute atomic E-state index is 0.457. The number of methoxy groups -OCH3 is 1. The molecule has 28 heavy (non-hydrogen) atoms. The van der Waals surface area contributed by atoms with Crippen LogP contribution in [0.3, 0.4) is 0 Å². The van der Waals surface area contributed by atoms with Crippen LogP contribution in [0.5, 0.6) is 5.75 Å². The van der Waals surface area contributed by atoms with Crippen molar-refractivity contribution in [1.82, 2.24) is 0 Å². The van der Waals surface area contributed by atoms with Crippen molar-refractivity contribution in [2.24, 2.45) is 0 Å². The van der Waals surface area contributed by atoms with Crippen LogP contribution in [0.2, 0.25) is 0 Å². The van der Waals surface area contributed by atoms with Crippen molar-refractivity contribution in [2.75, 3.05) is 7.11 Å². The quantitative estimate of drug-likeness (QED) is 0.724. The Kier molecular flexibility index (Phi) is 5.03. The molecule has 2 aliphatic rings. The third-order valence-corrected chi connectivity index (χ3v) is 7.18. The minimum Gasteiger partial charge on any atom is -0.497 e. The maximum atomic E-state index is 6.48.